The van der Waals surface area contributed by atoms with Crippen LogP contribution >= 0.6 is 0 Å². The molecular weight excluding hydrogens is 334 g/mol. The van der Waals surface area contributed by atoms with Crippen molar-refractivity contribution >= 4 is 0 Å². The molecule has 1 aliphatic carbocycles. The van der Waals surface area contributed by atoms with Crippen molar-refractivity contribution in [2.45, 2.75) is 86.1 Å². The number of hydroxylamine groups is 1. The van der Waals surface area contributed by atoms with Gasteiger partial charge < -0.3 is 9.57 Å². The van der Waals surface area contributed by atoms with Crippen LogP contribution < -0.4 is 5.48 Å². The lowest BCUT2D eigenvalue weighted by Crippen LogP contribution is -2.30. The summed E-state index contributed by atoms with van der Waals surface area (Å²) in [4.78, 5) is 5.82. The van der Waals surface area contributed by atoms with Crippen molar-refractivity contribution in [1.82, 2.24) is 5.48 Å². The molecule has 0 heterocycles. The minimum Gasteiger partial charge on any atom is -0.489 e. The van der Waals surface area contributed by atoms with Crippen LogP contribution in [0.2, 0.25) is 0 Å². The van der Waals surface area contributed by atoms with Gasteiger partial charge in [-0.3, -0.25) is 0 Å². The zero-order valence-corrected chi connectivity index (χ0v) is 18.5. The molecule has 1 N–H and O–H groups in total. The van der Waals surface area contributed by atoms with Crippen molar-refractivity contribution in [3.8, 4) is 0 Å². The van der Waals surface area contributed by atoms with Crippen LogP contribution in [0.4, 0.5) is 0 Å². The first kappa shape index (κ1) is 25.3. The van der Waals surface area contributed by atoms with E-state index >= 15 is 0 Å². The molecule has 154 valence electrons. The maximum atomic E-state index is 5.99. The maximum Gasteiger partial charge on any atom is 0.142 e. The predicted molar refractivity (Wildman–Crippen MR) is 118 cm³/mol. The number of rotatable bonds is 10. The molecule has 0 saturated heterocycles. The molecule has 1 aliphatic rings. The molecule has 1 rings (SSSR count). The van der Waals surface area contributed by atoms with Crippen LogP contribution in [0.1, 0.15) is 80.1 Å². The largest absolute Gasteiger partial charge is 0.489 e. The van der Waals surface area contributed by atoms with E-state index in [0.29, 0.717) is 12.6 Å². The molecule has 0 aromatic heterocycles. The third-order valence-corrected chi connectivity index (χ3v) is 4.49. The van der Waals surface area contributed by atoms with E-state index < -0.39 is 0 Å². The third kappa shape index (κ3) is 10.2. The van der Waals surface area contributed by atoms with E-state index in [4.69, 9.17) is 9.57 Å². The van der Waals surface area contributed by atoms with Crippen LogP contribution in [0.25, 0.3) is 0 Å². The first-order valence-corrected chi connectivity index (χ1v) is 10.4. The molecule has 0 bridgehead atoms. The predicted octanol–water partition coefficient (Wildman–Crippen LogP) is 7.16. The highest BCUT2D eigenvalue weighted by molar-refractivity contribution is 5.31. The molecule has 3 heteroatoms. The number of hydrogen-bond donors (Lipinski definition) is 1. The van der Waals surface area contributed by atoms with Gasteiger partial charge in [0.05, 0.1) is 0 Å². The lowest BCUT2D eigenvalue weighted by Gasteiger charge is -2.23. The van der Waals surface area contributed by atoms with Crippen molar-refractivity contribution in [2.24, 2.45) is 0 Å². The van der Waals surface area contributed by atoms with Crippen molar-refractivity contribution < 1.29 is 9.57 Å². The Balaban J connectivity index is 0.00000326. The Morgan fingerprint density at radius 1 is 1.15 bits per heavy atom. The lowest BCUT2D eigenvalue weighted by molar-refractivity contribution is 0.0674. The summed E-state index contributed by atoms with van der Waals surface area (Å²) in [6, 6.07) is 0.464. The zero-order valence-electron chi connectivity index (χ0n) is 18.5. The highest BCUT2D eigenvalue weighted by Crippen LogP contribution is 2.20. The molecule has 27 heavy (non-hydrogen) atoms. The zero-order chi connectivity index (χ0) is 20.7. The Hall–Kier alpha value is -1.74. The van der Waals surface area contributed by atoms with Crippen molar-refractivity contribution in [3.05, 3.63) is 59.6 Å². The summed E-state index contributed by atoms with van der Waals surface area (Å²) in [5.41, 5.74) is 6.31. The number of allylic oxidation sites excluding steroid dienone is 5. The summed E-state index contributed by atoms with van der Waals surface area (Å²) in [5, 5.41) is 0. The van der Waals surface area contributed by atoms with Gasteiger partial charge in [-0.1, -0.05) is 59.3 Å². The molecule has 0 aliphatic heterocycles. The van der Waals surface area contributed by atoms with E-state index in [1.165, 1.54) is 37.7 Å². The molecule has 3 nitrogen and oxygen atoms in total. The molecule has 0 spiro atoms. The average molecular weight is 376 g/mol. The van der Waals surface area contributed by atoms with Crippen LogP contribution in [-0.4, -0.2) is 12.6 Å². The van der Waals surface area contributed by atoms with E-state index in [0.717, 1.165) is 29.1 Å². The van der Waals surface area contributed by atoms with E-state index in [1.54, 1.807) is 6.08 Å². The highest BCUT2D eigenvalue weighted by Gasteiger charge is 2.13. The van der Waals surface area contributed by atoms with Crippen LogP contribution in [0.3, 0.4) is 0 Å². The summed E-state index contributed by atoms with van der Waals surface area (Å²) < 4.78 is 5.99. The number of ether oxygens (including phenoxy) is 1. The summed E-state index contributed by atoms with van der Waals surface area (Å²) in [7, 11) is 0. The fourth-order valence-electron chi connectivity index (χ4n) is 2.82. The normalized spacial score (nSPS) is 16.7. The SMILES string of the molecule is C=C/C(C)=C(/OC/C(=C/C(=C\C)ONC1CCCCC1)CC)C(=C)C.CC. The molecule has 1 fully saturated rings. The average Bonchev–Trinajstić information content (AvgIpc) is 2.71. The van der Waals surface area contributed by atoms with E-state index in [1.807, 2.05) is 40.7 Å². The second kappa shape index (κ2) is 15.3. The lowest BCUT2D eigenvalue weighted by atomic mass is 9.96. The summed E-state index contributed by atoms with van der Waals surface area (Å²) in [6.07, 6.45) is 13.0. The number of hydrogen-bond acceptors (Lipinski definition) is 3. The van der Waals surface area contributed by atoms with Gasteiger partial charge in [0.25, 0.3) is 0 Å². The van der Waals surface area contributed by atoms with Gasteiger partial charge in [0.2, 0.25) is 0 Å². The van der Waals surface area contributed by atoms with Crippen molar-refractivity contribution in [3.63, 3.8) is 0 Å². The smallest absolute Gasteiger partial charge is 0.142 e. The molecule has 0 amide bonds. The van der Waals surface area contributed by atoms with Gasteiger partial charge >= 0.3 is 0 Å². The van der Waals surface area contributed by atoms with Gasteiger partial charge in [-0.15, -0.1) is 0 Å². The van der Waals surface area contributed by atoms with Gasteiger partial charge in [0.1, 0.15) is 18.1 Å². The molecule has 0 aromatic rings. The van der Waals surface area contributed by atoms with E-state index in [-0.39, 0.29) is 0 Å². The molecule has 0 atom stereocenters. The fraction of sp³-hybridized carbons (Fsp3) is 0.583. The standard InChI is InChI=1S/C22H35NO2.C2H6/c1-7-18(6)22(17(4)5)24-16-19(8-2)15-21(9-3)25-23-20-13-11-10-12-14-20;1-2/h7,9,15,20,23H,1,4,8,10-14,16H2,2-3,5-6H3;1-2H3/b19-15+,21-9+,22-18+;. The Labute approximate surface area is 167 Å². The minimum atomic E-state index is 0.464. The summed E-state index contributed by atoms with van der Waals surface area (Å²) in [5.74, 6) is 1.66. The molecule has 0 radical (unpaired) electrons. The Bertz CT molecular complexity index is 535. The van der Waals surface area contributed by atoms with E-state index in [2.05, 4.69) is 31.6 Å². The van der Waals surface area contributed by atoms with Gasteiger partial charge in [0.15, 0.2) is 0 Å². The Morgan fingerprint density at radius 3 is 2.26 bits per heavy atom. The number of nitrogens with one attached hydrogen (secondary N) is 1. The fourth-order valence-corrected chi connectivity index (χ4v) is 2.82. The van der Waals surface area contributed by atoms with Gasteiger partial charge in [0, 0.05) is 6.04 Å². The topological polar surface area (TPSA) is 30.5 Å². The first-order valence-electron chi connectivity index (χ1n) is 10.4. The van der Waals surface area contributed by atoms with Crippen molar-refractivity contribution in [2.75, 3.05) is 6.61 Å². The van der Waals surface area contributed by atoms with Crippen LogP contribution in [0.5, 0.6) is 0 Å². The monoisotopic (exact) mass is 375 g/mol. The minimum absolute atomic E-state index is 0.464. The maximum absolute atomic E-state index is 5.99. The van der Waals surface area contributed by atoms with Crippen molar-refractivity contribution in [1.29, 1.82) is 0 Å². The molecule has 0 unspecified atom stereocenters. The van der Waals surface area contributed by atoms with Crippen LogP contribution in [0.15, 0.2) is 59.6 Å². The summed E-state index contributed by atoms with van der Waals surface area (Å²) in [6.45, 7) is 20.4. The van der Waals surface area contributed by atoms with Gasteiger partial charge in [-0.05, 0) is 68.9 Å². The van der Waals surface area contributed by atoms with Gasteiger partial charge in [-0.25, -0.2) is 0 Å². The second-order valence-corrected chi connectivity index (χ2v) is 6.69. The molecular formula is C24H41NO2. The highest BCUT2D eigenvalue weighted by atomic mass is 16.6. The summed E-state index contributed by atoms with van der Waals surface area (Å²) >= 11 is 0. The second-order valence-electron chi connectivity index (χ2n) is 6.69. The molecule has 1 saturated carbocycles. The van der Waals surface area contributed by atoms with Crippen LogP contribution in [0, 0.1) is 0 Å². The quantitative estimate of drug-likeness (QED) is 0.250. The Morgan fingerprint density at radius 2 is 1.78 bits per heavy atom. The first-order chi connectivity index (χ1) is 13.0. The van der Waals surface area contributed by atoms with E-state index in [9.17, 15) is 0 Å². The third-order valence-electron chi connectivity index (χ3n) is 4.49. The van der Waals surface area contributed by atoms with Gasteiger partial charge in [-0.2, -0.15) is 5.48 Å². The van der Waals surface area contributed by atoms with Crippen LogP contribution in [-0.2, 0) is 9.57 Å². The Kier molecular flexibility index (Phi) is 14.3. The molecule has 0 aromatic carbocycles.